The van der Waals surface area contributed by atoms with Gasteiger partial charge in [0, 0.05) is 18.8 Å². The molecule has 1 N–H and O–H groups in total. The fourth-order valence-electron chi connectivity index (χ4n) is 1.83. The fraction of sp³-hybridized carbons (Fsp3) is 0.538. The number of aliphatic hydroxyl groups excluding tert-OH is 1. The molecule has 18 heavy (non-hydrogen) atoms. The summed E-state index contributed by atoms with van der Waals surface area (Å²) in [5.74, 6) is 1.36. The number of nitrogens with zero attached hydrogens (tertiary/aromatic N) is 3. The minimum Gasteiger partial charge on any atom is -0.388 e. The zero-order valence-corrected chi connectivity index (χ0v) is 10.8. The molecule has 2 aromatic heterocycles. The van der Waals surface area contributed by atoms with Gasteiger partial charge in [0.05, 0.1) is 6.10 Å². The summed E-state index contributed by atoms with van der Waals surface area (Å²) in [6.45, 7) is 4.59. The average molecular weight is 249 g/mol. The van der Waals surface area contributed by atoms with Crippen LogP contribution < -0.4 is 0 Å². The molecule has 0 aliphatic carbocycles. The van der Waals surface area contributed by atoms with Crippen LogP contribution in [0.15, 0.2) is 23.0 Å². The van der Waals surface area contributed by atoms with E-state index in [1.165, 1.54) is 0 Å². The molecule has 0 amide bonds. The number of aliphatic hydroxyl groups is 1. The number of rotatable bonds is 6. The number of hydrogen-bond acceptors (Lipinski definition) is 4. The summed E-state index contributed by atoms with van der Waals surface area (Å²) in [6.07, 6.45) is 6.00. The first-order valence-corrected chi connectivity index (χ1v) is 6.38. The molecule has 5 nitrogen and oxygen atoms in total. The van der Waals surface area contributed by atoms with E-state index in [-0.39, 0.29) is 0 Å². The van der Waals surface area contributed by atoms with E-state index in [2.05, 4.69) is 17.1 Å². The van der Waals surface area contributed by atoms with Crippen LogP contribution in [0.2, 0.25) is 0 Å². The molecule has 0 aliphatic heterocycles. The second-order valence-corrected chi connectivity index (χ2v) is 4.40. The van der Waals surface area contributed by atoms with Gasteiger partial charge in [-0.05, 0) is 24.5 Å². The Bertz CT molecular complexity index is 490. The minimum absolute atomic E-state index is 0.399. The molecule has 0 aliphatic rings. The highest BCUT2D eigenvalue weighted by Gasteiger charge is 2.09. The predicted octanol–water partition coefficient (Wildman–Crippen LogP) is 2.32. The SMILES string of the molecule is CCCc1noc(Cn2ccc(C(O)CC)c2)n1. The molecule has 2 aromatic rings. The lowest BCUT2D eigenvalue weighted by Gasteiger charge is -2.03. The van der Waals surface area contributed by atoms with Gasteiger partial charge in [0.2, 0.25) is 5.89 Å². The number of aromatic nitrogens is 3. The van der Waals surface area contributed by atoms with Gasteiger partial charge in [-0.2, -0.15) is 4.98 Å². The van der Waals surface area contributed by atoms with Crippen molar-refractivity contribution in [1.29, 1.82) is 0 Å². The van der Waals surface area contributed by atoms with Crippen LogP contribution in [0.25, 0.3) is 0 Å². The van der Waals surface area contributed by atoms with Crippen LogP contribution in [-0.4, -0.2) is 19.8 Å². The van der Waals surface area contributed by atoms with Gasteiger partial charge in [0.25, 0.3) is 0 Å². The highest BCUT2D eigenvalue weighted by molar-refractivity contribution is 5.13. The smallest absolute Gasteiger partial charge is 0.246 e. The Labute approximate surface area is 106 Å². The first kappa shape index (κ1) is 12.8. The summed E-state index contributed by atoms with van der Waals surface area (Å²) >= 11 is 0. The summed E-state index contributed by atoms with van der Waals surface area (Å²) in [5.41, 5.74) is 0.922. The molecule has 0 bridgehead atoms. The van der Waals surface area contributed by atoms with E-state index in [0.29, 0.717) is 18.9 Å². The lowest BCUT2D eigenvalue weighted by Crippen LogP contribution is -1.98. The molecule has 0 saturated heterocycles. The van der Waals surface area contributed by atoms with E-state index < -0.39 is 6.10 Å². The summed E-state index contributed by atoms with van der Waals surface area (Å²) in [4.78, 5) is 4.31. The Morgan fingerprint density at radius 1 is 1.44 bits per heavy atom. The molecule has 0 fully saturated rings. The van der Waals surface area contributed by atoms with Gasteiger partial charge in [0.1, 0.15) is 6.54 Å². The Morgan fingerprint density at radius 2 is 2.28 bits per heavy atom. The van der Waals surface area contributed by atoms with Gasteiger partial charge >= 0.3 is 0 Å². The fourth-order valence-corrected chi connectivity index (χ4v) is 1.83. The Hall–Kier alpha value is -1.62. The predicted molar refractivity (Wildman–Crippen MR) is 67.1 cm³/mol. The molecular weight excluding hydrogens is 230 g/mol. The third-order valence-corrected chi connectivity index (χ3v) is 2.85. The van der Waals surface area contributed by atoms with Crippen molar-refractivity contribution in [3.63, 3.8) is 0 Å². The van der Waals surface area contributed by atoms with Crippen LogP contribution in [0.5, 0.6) is 0 Å². The van der Waals surface area contributed by atoms with Gasteiger partial charge in [-0.25, -0.2) is 0 Å². The van der Waals surface area contributed by atoms with Gasteiger partial charge in [-0.15, -0.1) is 0 Å². The lowest BCUT2D eigenvalue weighted by molar-refractivity contribution is 0.173. The molecule has 98 valence electrons. The van der Waals surface area contributed by atoms with Crippen LogP contribution in [0, 0.1) is 0 Å². The summed E-state index contributed by atoms with van der Waals surface area (Å²) in [6, 6.07) is 1.91. The molecular formula is C13H19N3O2. The van der Waals surface area contributed by atoms with E-state index in [1.54, 1.807) is 0 Å². The first-order chi connectivity index (χ1) is 8.72. The molecule has 0 radical (unpaired) electrons. The molecule has 1 unspecified atom stereocenters. The highest BCUT2D eigenvalue weighted by atomic mass is 16.5. The average Bonchev–Trinajstić information content (AvgIpc) is 2.99. The molecule has 2 rings (SSSR count). The van der Waals surface area contributed by atoms with Crippen molar-refractivity contribution in [3.05, 3.63) is 35.7 Å². The normalized spacial score (nSPS) is 12.8. The van der Waals surface area contributed by atoms with Gasteiger partial charge in [0.15, 0.2) is 5.82 Å². The lowest BCUT2D eigenvalue weighted by atomic mass is 10.1. The maximum Gasteiger partial charge on any atom is 0.246 e. The summed E-state index contributed by atoms with van der Waals surface area (Å²) < 4.78 is 7.11. The zero-order chi connectivity index (χ0) is 13.0. The van der Waals surface area contributed by atoms with Crippen LogP contribution in [0.1, 0.15) is 50.1 Å². The second kappa shape index (κ2) is 5.82. The molecule has 5 heteroatoms. The van der Waals surface area contributed by atoms with E-state index in [4.69, 9.17) is 4.52 Å². The number of hydrogen-bond donors (Lipinski definition) is 1. The van der Waals surface area contributed by atoms with E-state index in [9.17, 15) is 5.11 Å². The summed E-state index contributed by atoms with van der Waals surface area (Å²) in [7, 11) is 0. The highest BCUT2D eigenvalue weighted by Crippen LogP contribution is 2.16. The molecule has 0 aromatic carbocycles. The molecule has 0 spiro atoms. The van der Waals surface area contributed by atoms with Crippen LogP contribution in [0.4, 0.5) is 0 Å². The maximum absolute atomic E-state index is 9.72. The largest absolute Gasteiger partial charge is 0.388 e. The van der Waals surface area contributed by atoms with Crippen molar-refractivity contribution in [3.8, 4) is 0 Å². The first-order valence-electron chi connectivity index (χ1n) is 6.38. The monoisotopic (exact) mass is 249 g/mol. The third kappa shape index (κ3) is 2.98. The standard InChI is InChI=1S/C13H19N3O2/c1-3-5-12-14-13(18-15-12)9-16-7-6-10(8-16)11(17)4-2/h6-8,11,17H,3-5,9H2,1-2H3. The van der Waals surface area contributed by atoms with E-state index in [0.717, 1.165) is 24.2 Å². The maximum atomic E-state index is 9.72. The van der Waals surface area contributed by atoms with Crippen molar-refractivity contribution in [2.75, 3.05) is 0 Å². The van der Waals surface area contributed by atoms with Crippen molar-refractivity contribution in [1.82, 2.24) is 14.7 Å². The third-order valence-electron chi connectivity index (χ3n) is 2.85. The Kier molecular flexibility index (Phi) is 4.15. The van der Waals surface area contributed by atoms with Gasteiger partial charge in [-0.1, -0.05) is 19.0 Å². The minimum atomic E-state index is -0.399. The van der Waals surface area contributed by atoms with Gasteiger partial charge < -0.3 is 14.2 Å². The van der Waals surface area contributed by atoms with E-state index >= 15 is 0 Å². The van der Waals surface area contributed by atoms with E-state index in [1.807, 2.05) is 30.0 Å². The van der Waals surface area contributed by atoms with Crippen LogP contribution in [-0.2, 0) is 13.0 Å². The quantitative estimate of drug-likeness (QED) is 0.853. The van der Waals surface area contributed by atoms with Crippen molar-refractivity contribution >= 4 is 0 Å². The topological polar surface area (TPSA) is 64.1 Å². The number of aryl methyl sites for hydroxylation is 1. The van der Waals surface area contributed by atoms with Crippen molar-refractivity contribution in [2.45, 2.75) is 45.8 Å². The zero-order valence-electron chi connectivity index (χ0n) is 10.8. The van der Waals surface area contributed by atoms with Crippen molar-refractivity contribution in [2.24, 2.45) is 0 Å². The van der Waals surface area contributed by atoms with Gasteiger partial charge in [-0.3, -0.25) is 0 Å². The van der Waals surface area contributed by atoms with Crippen molar-refractivity contribution < 1.29 is 9.63 Å². The molecule has 1 atom stereocenters. The Balaban J connectivity index is 2.01. The Morgan fingerprint density at radius 3 is 3.00 bits per heavy atom. The molecule has 0 saturated carbocycles. The van der Waals surface area contributed by atoms with Crippen LogP contribution in [0.3, 0.4) is 0 Å². The van der Waals surface area contributed by atoms with Crippen LogP contribution >= 0.6 is 0 Å². The molecule has 2 heterocycles. The second-order valence-electron chi connectivity index (χ2n) is 4.40. The summed E-state index contributed by atoms with van der Waals surface area (Å²) in [5, 5.41) is 13.6.